The second-order valence-electron chi connectivity index (χ2n) is 7.96. The lowest BCUT2D eigenvalue weighted by Crippen LogP contribution is -2.51. The van der Waals surface area contributed by atoms with E-state index in [-0.39, 0.29) is 12.1 Å². The van der Waals surface area contributed by atoms with Gasteiger partial charge in [0, 0.05) is 43.0 Å². The molecule has 3 aliphatic heterocycles. The number of nitrogens with one attached hydrogen (secondary N) is 3. The van der Waals surface area contributed by atoms with Crippen LogP contribution in [0.3, 0.4) is 0 Å². The van der Waals surface area contributed by atoms with Crippen LogP contribution in [-0.4, -0.2) is 62.1 Å². The number of piperazine rings is 1. The summed E-state index contributed by atoms with van der Waals surface area (Å²) < 4.78 is 27.4. The van der Waals surface area contributed by atoms with Crippen molar-refractivity contribution in [1.29, 1.82) is 0 Å². The fraction of sp³-hybridized carbons (Fsp3) is 0.333. The van der Waals surface area contributed by atoms with Gasteiger partial charge in [0.15, 0.2) is 0 Å². The molecular weight excluding hydrogens is 416 g/mol. The van der Waals surface area contributed by atoms with E-state index < -0.39 is 10.0 Å². The Morgan fingerprint density at radius 2 is 1.81 bits per heavy atom. The van der Waals surface area contributed by atoms with Crippen molar-refractivity contribution in [3.05, 3.63) is 59.2 Å². The van der Waals surface area contributed by atoms with Crippen molar-refractivity contribution < 1.29 is 13.2 Å². The second-order valence-corrected chi connectivity index (χ2v) is 9.90. The van der Waals surface area contributed by atoms with Crippen LogP contribution in [0.4, 0.5) is 5.69 Å². The summed E-state index contributed by atoms with van der Waals surface area (Å²) in [5, 5.41) is 3.33. The molecule has 0 aliphatic carbocycles. The van der Waals surface area contributed by atoms with E-state index in [1.807, 2.05) is 31.2 Å². The zero-order chi connectivity index (χ0) is 21.6. The Hall–Kier alpha value is -2.79. The molecule has 10 heteroatoms. The Labute approximate surface area is 181 Å². The number of aryl methyl sites for hydroxylation is 1. The molecule has 2 aromatic carbocycles. The van der Waals surface area contributed by atoms with Crippen LogP contribution < -0.4 is 16.2 Å². The Balaban J connectivity index is 1.25. The van der Waals surface area contributed by atoms with Gasteiger partial charge in [0.05, 0.1) is 11.4 Å². The summed E-state index contributed by atoms with van der Waals surface area (Å²) in [7, 11) is -3.48. The van der Waals surface area contributed by atoms with Crippen LogP contribution >= 0.6 is 0 Å². The number of nitrogens with zero attached hydrogens (tertiary/aromatic N) is 3. The summed E-state index contributed by atoms with van der Waals surface area (Å²) in [5.41, 5.74) is 8.98. The standard InChI is InChI=1S/C21H24N6O3S/c1-14-5-7-15(8-6-14)31(29,30)27-11-9-26(10-12-27)13-18-22-17-4-2-3-16-19(17)20(23-18)24-25-21(16)28/h2-8,20,24H,9-13H2,1H3,(H,22,23)(H,25,28). The van der Waals surface area contributed by atoms with Crippen molar-refractivity contribution in [2.45, 2.75) is 18.0 Å². The van der Waals surface area contributed by atoms with Gasteiger partial charge in [-0.25, -0.2) is 18.8 Å². The third kappa shape index (κ3) is 3.72. The predicted molar refractivity (Wildman–Crippen MR) is 117 cm³/mol. The van der Waals surface area contributed by atoms with E-state index in [4.69, 9.17) is 4.99 Å². The Morgan fingerprint density at radius 1 is 1.06 bits per heavy atom. The molecule has 0 radical (unpaired) electrons. The van der Waals surface area contributed by atoms with Crippen molar-refractivity contribution in [1.82, 2.24) is 20.1 Å². The number of rotatable bonds is 4. The number of amides is 1. The van der Waals surface area contributed by atoms with Crippen LogP contribution in [0.15, 0.2) is 52.4 Å². The Kier molecular flexibility index (Phi) is 5.01. The smallest absolute Gasteiger partial charge is 0.265 e. The van der Waals surface area contributed by atoms with Gasteiger partial charge in [0.25, 0.3) is 5.91 Å². The van der Waals surface area contributed by atoms with E-state index >= 15 is 0 Å². The third-order valence-corrected chi connectivity index (χ3v) is 7.79. The number of amidine groups is 1. The van der Waals surface area contributed by atoms with Gasteiger partial charge >= 0.3 is 0 Å². The number of sulfonamides is 1. The summed E-state index contributed by atoms with van der Waals surface area (Å²) in [5.74, 6) is 0.618. The van der Waals surface area contributed by atoms with Gasteiger partial charge in [-0.2, -0.15) is 4.31 Å². The molecule has 3 aliphatic rings. The highest BCUT2D eigenvalue weighted by atomic mass is 32.2. The average Bonchev–Trinajstić information content (AvgIpc) is 2.77. The molecule has 0 spiro atoms. The monoisotopic (exact) mass is 440 g/mol. The van der Waals surface area contributed by atoms with Crippen LogP contribution in [0.2, 0.25) is 0 Å². The van der Waals surface area contributed by atoms with Crippen molar-refractivity contribution in [3.8, 4) is 0 Å². The highest BCUT2D eigenvalue weighted by molar-refractivity contribution is 7.89. The first-order valence-electron chi connectivity index (χ1n) is 10.2. The van der Waals surface area contributed by atoms with Gasteiger partial charge in [-0.1, -0.05) is 23.8 Å². The minimum absolute atomic E-state index is 0.167. The molecule has 2 aromatic rings. The minimum Gasteiger partial charge on any atom is -0.343 e. The normalized spacial score (nSPS) is 21.6. The summed E-state index contributed by atoms with van der Waals surface area (Å²) in [4.78, 5) is 19.3. The highest BCUT2D eigenvalue weighted by Crippen LogP contribution is 2.33. The predicted octanol–water partition coefficient (Wildman–Crippen LogP) is 1.07. The summed E-state index contributed by atoms with van der Waals surface area (Å²) >= 11 is 0. The Bertz CT molecular complexity index is 1150. The summed E-state index contributed by atoms with van der Waals surface area (Å²) in [6.07, 6.45) is -0.330. The molecule has 1 amide bonds. The van der Waals surface area contributed by atoms with E-state index in [9.17, 15) is 13.2 Å². The molecule has 1 saturated heterocycles. The third-order valence-electron chi connectivity index (χ3n) is 5.87. The number of hydrogen-bond donors (Lipinski definition) is 3. The first-order valence-corrected chi connectivity index (χ1v) is 11.7. The van der Waals surface area contributed by atoms with Crippen molar-refractivity contribution in [2.24, 2.45) is 4.99 Å². The number of carbonyl (C=O) groups is 1. The van der Waals surface area contributed by atoms with Gasteiger partial charge in [-0.3, -0.25) is 15.1 Å². The molecule has 162 valence electrons. The lowest BCUT2D eigenvalue weighted by Gasteiger charge is -2.36. The van der Waals surface area contributed by atoms with E-state index in [1.165, 1.54) is 0 Å². The molecule has 1 unspecified atom stereocenters. The highest BCUT2D eigenvalue weighted by Gasteiger charge is 2.32. The van der Waals surface area contributed by atoms with Gasteiger partial charge in [0.2, 0.25) is 10.0 Å². The number of aliphatic imine (C=N–C) groups is 1. The van der Waals surface area contributed by atoms with Crippen LogP contribution in [0.25, 0.3) is 0 Å². The molecule has 0 bridgehead atoms. The fourth-order valence-electron chi connectivity index (χ4n) is 4.16. The van der Waals surface area contributed by atoms with Crippen molar-refractivity contribution >= 4 is 27.5 Å². The number of hydrogen-bond acceptors (Lipinski definition) is 7. The molecule has 3 heterocycles. The van der Waals surface area contributed by atoms with Gasteiger partial charge in [-0.15, -0.1) is 0 Å². The fourth-order valence-corrected chi connectivity index (χ4v) is 5.58. The average molecular weight is 441 g/mol. The quantitative estimate of drug-likeness (QED) is 0.657. The van der Waals surface area contributed by atoms with E-state index in [2.05, 4.69) is 21.1 Å². The molecule has 1 fully saturated rings. The largest absolute Gasteiger partial charge is 0.343 e. The zero-order valence-corrected chi connectivity index (χ0v) is 17.9. The van der Waals surface area contributed by atoms with E-state index in [0.717, 1.165) is 22.6 Å². The maximum atomic E-state index is 12.9. The second kappa shape index (κ2) is 7.72. The zero-order valence-electron chi connectivity index (χ0n) is 17.1. The van der Waals surface area contributed by atoms with Crippen LogP contribution in [-0.2, 0) is 10.0 Å². The topological polar surface area (TPSA) is 106 Å². The first-order chi connectivity index (χ1) is 14.9. The number of carbonyl (C=O) groups excluding carboxylic acids is 1. The molecule has 9 nitrogen and oxygen atoms in total. The van der Waals surface area contributed by atoms with Gasteiger partial charge < -0.3 is 5.32 Å². The van der Waals surface area contributed by atoms with Crippen LogP contribution in [0, 0.1) is 6.92 Å². The molecular formula is C21H24N6O3S. The molecule has 0 saturated carbocycles. The number of anilines is 1. The minimum atomic E-state index is -3.48. The molecule has 5 rings (SSSR count). The summed E-state index contributed by atoms with van der Waals surface area (Å²) in [6, 6.07) is 12.5. The van der Waals surface area contributed by atoms with Crippen molar-refractivity contribution in [2.75, 3.05) is 38.0 Å². The van der Waals surface area contributed by atoms with Gasteiger partial charge in [-0.05, 0) is 31.2 Å². The number of hydrazine groups is 1. The molecule has 0 aromatic heterocycles. The number of benzene rings is 2. The SMILES string of the molecule is Cc1ccc(S(=O)(=O)N2CCN(CC3=NC4NNC(=O)c5cccc(c54)N3)CC2)cc1. The Morgan fingerprint density at radius 3 is 2.55 bits per heavy atom. The van der Waals surface area contributed by atoms with E-state index in [1.54, 1.807) is 22.5 Å². The summed E-state index contributed by atoms with van der Waals surface area (Å²) in [6.45, 7) is 4.62. The van der Waals surface area contributed by atoms with Crippen LogP contribution in [0.1, 0.15) is 27.7 Å². The van der Waals surface area contributed by atoms with Gasteiger partial charge in [0.1, 0.15) is 12.0 Å². The molecule has 1 atom stereocenters. The van der Waals surface area contributed by atoms with E-state index in [0.29, 0.717) is 43.2 Å². The molecule has 3 N–H and O–H groups in total. The van der Waals surface area contributed by atoms with Crippen molar-refractivity contribution in [3.63, 3.8) is 0 Å². The van der Waals surface area contributed by atoms with Crippen LogP contribution in [0.5, 0.6) is 0 Å². The lowest BCUT2D eigenvalue weighted by atomic mass is 9.99. The lowest BCUT2D eigenvalue weighted by molar-refractivity contribution is 0.0908. The maximum Gasteiger partial charge on any atom is 0.265 e. The first kappa shape index (κ1) is 20.1. The molecule has 31 heavy (non-hydrogen) atoms. The maximum absolute atomic E-state index is 12.9.